The second-order valence-corrected chi connectivity index (χ2v) is 5.50. The van der Waals surface area contributed by atoms with Crippen molar-refractivity contribution in [3.05, 3.63) is 0 Å². The molecule has 0 aromatic rings. The lowest BCUT2D eigenvalue weighted by atomic mass is 9.94. The van der Waals surface area contributed by atoms with E-state index in [1.54, 1.807) is 0 Å². The summed E-state index contributed by atoms with van der Waals surface area (Å²) in [6.07, 6.45) is 3.44. The molecule has 0 spiro atoms. The molecule has 0 aliphatic carbocycles. The minimum absolute atomic E-state index is 0.158. The van der Waals surface area contributed by atoms with Crippen LogP contribution >= 0.6 is 11.8 Å². The molecule has 2 fully saturated rings. The van der Waals surface area contributed by atoms with Crippen LogP contribution in [0.2, 0.25) is 0 Å². The Morgan fingerprint density at radius 1 is 1.27 bits per heavy atom. The first-order valence-electron chi connectivity index (χ1n) is 5.82. The van der Waals surface area contributed by atoms with Crippen molar-refractivity contribution in [2.45, 2.75) is 24.8 Å². The van der Waals surface area contributed by atoms with Gasteiger partial charge in [0.2, 0.25) is 0 Å². The summed E-state index contributed by atoms with van der Waals surface area (Å²) in [5.74, 6) is 2.24. The predicted octanol–water partition coefficient (Wildman–Crippen LogP) is 1.07. The molecule has 84 valence electrons. The largest absolute Gasteiger partial charge is 0.315 e. The van der Waals surface area contributed by atoms with Crippen LogP contribution in [0.1, 0.15) is 19.3 Å². The molecular formula is C11H19N3S. The summed E-state index contributed by atoms with van der Waals surface area (Å²) in [6.45, 7) is 4.26. The summed E-state index contributed by atoms with van der Waals surface area (Å²) in [6, 6.07) is 2.59. The quantitative estimate of drug-likeness (QED) is 0.724. The maximum atomic E-state index is 9.46. The third-order valence-electron chi connectivity index (χ3n) is 3.37. The lowest BCUT2D eigenvalue weighted by molar-refractivity contribution is 0.154. The van der Waals surface area contributed by atoms with Crippen molar-refractivity contribution in [1.82, 2.24) is 10.2 Å². The first kappa shape index (κ1) is 11.3. The van der Waals surface area contributed by atoms with Gasteiger partial charge in [0.15, 0.2) is 0 Å². The minimum atomic E-state index is -0.158. The van der Waals surface area contributed by atoms with E-state index in [2.05, 4.69) is 16.3 Å². The van der Waals surface area contributed by atoms with E-state index in [0.29, 0.717) is 0 Å². The van der Waals surface area contributed by atoms with Gasteiger partial charge in [0.25, 0.3) is 0 Å². The van der Waals surface area contributed by atoms with E-state index in [4.69, 9.17) is 0 Å². The molecule has 2 aliphatic rings. The van der Waals surface area contributed by atoms with Gasteiger partial charge < -0.3 is 5.32 Å². The number of nitriles is 1. The molecule has 0 radical (unpaired) electrons. The molecule has 2 heterocycles. The van der Waals surface area contributed by atoms with Gasteiger partial charge in [-0.25, -0.2) is 0 Å². The Morgan fingerprint density at radius 3 is 2.93 bits per heavy atom. The molecule has 0 aromatic carbocycles. The van der Waals surface area contributed by atoms with E-state index in [1.165, 1.54) is 18.6 Å². The van der Waals surface area contributed by atoms with Crippen LogP contribution in [0.25, 0.3) is 0 Å². The normalized spacial score (nSPS) is 34.3. The van der Waals surface area contributed by atoms with Crippen LogP contribution in [0.5, 0.6) is 0 Å². The first-order valence-corrected chi connectivity index (χ1v) is 6.98. The van der Waals surface area contributed by atoms with Gasteiger partial charge in [0.05, 0.1) is 6.07 Å². The lowest BCUT2D eigenvalue weighted by Crippen LogP contribution is -2.52. The Morgan fingerprint density at radius 2 is 2.20 bits per heavy atom. The van der Waals surface area contributed by atoms with Gasteiger partial charge in [0, 0.05) is 25.4 Å². The van der Waals surface area contributed by atoms with Gasteiger partial charge in [-0.05, 0) is 31.6 Å². The van der Waals surface area contributed by atoms with Crippen molar-refractivity contribution in [1.29, 1.82) is 5.26 Å². The summed E-state index contributed by atoms with van der Waals surface area (Å²) in [7, 11) is 0. The molecule has 1 N–H and O–H groups in total. The van der Waals surface area contributed by atoms with E-state index in [-0.39, 0.29) is 5.54 Å². The molecule has 2 rings (SSSR count). The van der Waals surface area contributed by atoms with E-state index in [1.807, 2.05) is 11.8 Å². The van der Waals surface area contributed by atoms with Gasteiger partial charge in [-0.2, -0.15) is 17.0 Å². The zero-order valence-electron chi connectivity index (χ0n) is 9.17. The van der Waals surface area contributed by atoms with Crippen LogP contribution in [-0.4, -0.2) is 48.1 Å². The standard InChI is InChI=1S/C11H19N3S/c12-9-11(3-1-8-15-10-11)14-6-2-4-13-5-7-14/h13H,1-8,10H2. The van der Waals surface area contributed by atoms with Gasteiger partial charge >= 0.3 is 0 Å². The summed E-state index contributed by atoms with van der Waals surface area (Å²) in [5.41, 5.74) is -0.158. The Bertz CT molecular complexity index is 235. The van der Waals surface area contributed by atoms with Crippen LogP contribution in [0.3, 0.4) is 0 Å². The Kier molecular flexibility index (Phi) is 3.90. The molecule has 4 heteroatoms. The molecule has 15 heavy (non-hydrogen) atoms. The average molecular weight is 225 g/mol. The van der Waals surface area contributed by atoms with Crippen molar-refractivity contribution in [2.75, 3.05) is 37.7 Å². The van der Waals surface area contributed by atoms with E-state index < -0.39 is 0 Å². The molecular weight excluding hydrogens is 206 g/mol. The zero-order chi connectivity index (χ0) is 10.6. The third-order valence-corrected chi connectivity index (χ3v) is 4.63. The maximum absolute atomic E-state index is 9.46. The molecule has 1 unspecified atom stereocenters. The molecule has 0 amide bonds. The van der Waals surface area contributed by atoms with Gasteiger partial charge in [0.1, 0.15) is 5.54 Å². The van der Waals surface area contributed by atoms with Crippen LogP contribution in [0.4, 0.5) is 0 Å². The van der Waals surface area contributed by atoms with Crippen LogP contribution in [0, 0.1) is 11.3 Å². The number of rotatable bonds is 1. The smallest absolute Gasteiger partial charge is 0.118 e. The van der Waals surface area contributed by atoms with Crippen LogP contribution in [0.15, 0.2) is 0 Å². The molecule has 3 nitrogen and oxygen atoms in total. The molecule has 0 aromatic heterocycles. The summed E-state index contributed by atoms with van der Waals surface area (Å²) in [4.78, 5) is 2.42. The summed E-state index contributed by atoms with van der Waals surface area (Å²) < 4.78 is 0. The third kappa shape index (κ3) is 2.47. The van der Waals surface area contributed by atoms with Crippen molar-refractivity contribution >= 4 is 11.8 Å². The number of nitrogens with zero attached hydrogens (tertiary/aromatic N) is 2. The second-order valence-electron chi connectivity index (χ2n) is 4.39. The van der Waals surface area contributed by atoms with Gasteiger partial charge in [-0.15, -0.1) is 0 Å². The number of hydrogen-bond donors (Lipinski definition) is 1. The van der Waals surface area contributed by atoms with E-state index in [9.17, 15) is 5.26 Å². The second kappa shape index (κ2) is 5.20. The first-order chi connectivity index (χ1) is 7.37. The summed E-state index contributed by atoms with van der Waals surface area (Å²) in [5, 5.41) is 12.9. The minimum Gasteiger partial charge on any atom is -0.315 e. The highest BCUT2D eigenvalue weighted by molar-refractivity contribution is 7.99. The zero-order valence-corrected chi connectivity index (χ0v) is 9.98. The van der Waals surface area contributed by atoms with Gasteiger partial charge in [-0.1, -0.05) is 0 Å². The Hall–Kier alpha value is -0.240. The highest BCUT2D eigenvalue weighted by Crippen LogP contribution is 2.31. The number of nitrogens with one attached hydrogen (secondary N) is 1. The SMILES string of the molecule is N#CC1(N2CCCNCC2)CCCSC1. The molecule has 0 saturated carbocycles. The van der Waals surface area contributed by atoms with Crippen molar-refractivity contribution in [3.8, 4) is 6.07 Å². The Balaban J connectivity index is 2.06. The average Bonchev–Trinajstić information content (AvgIpc) is 2.59. The topological polar surface area (TPSA) is 39.1 Å². The molecule has 1 atom stereocenters. The molecule has 2 aliphatic heterocycles. The van der Waals surface area contributed by atoms with Crippen molar-refractivity contribution < 1.29 is 0 Å². The molecule has 0 bridgehead atoms. The highest BCUT2D eigenvalue weighted by atomic mass is 32.2. The fourth-order valence-corrected chi connectivity index (χ4v) is 3.68. The predicted molar refractivity (Wildman–Crippen MR) is 64.0 cm³/mol. The maximum Gasteiger partial charge on any atom is 0.118 e. The van der Waals surface area contributed by atoms with Gasteiger partial charge in [-0.3, -0.25) is 4.90 Å². The number of thioether (sulfide) groups is 1. The fraction of sp³-hybridized carbons (Fsp3) is 0.909. The van der Waals surface area contributed by atoms with Crippen molar-refractivity contribution in [3.63, 3.8) is 0 Å². The van der Waals surface area contributed by atoms with Crippen molar-refractivity contribution in [2.24, 2.45) is 0 Å². The van der Waals surface area contributed by atoms with E-state index >= 15 is 0 Å². The molecule has 2 saturated heterocycles. The van der Waals surface area contributed by atoms with E-state index in [0.717, 1.165) is 38.4 Å². The van der Waals surface area contributed by atoms with Crippen LogP contribution < -0.4 is 5.32 Å². The number of hydrogen-bond acceptors (Lipinski definition) is 4. The lowest BCUT2D eigenvalue weighted by Gasteiger charge is -2.40. The monoisotopic (exact) mass is 225 g/mol. The fourth-order valence-electron chi connectivity index (χ4n) is 2.46. The summed E-state index contributed by atoms with van der Waals surface area (Å²) >= 11 is 1.94. The Labute approximate surface area is 96.2 Å². The van der Waals surface area contributed by atoms with Crippen LogP contribution in [-0.2, 0) is 0 Å². The highest BCUT2D eigenvalue weighted by Gasteiger charge is 2.38.